The molecule has 0 aromatic carbocycles. The highest BCUT2D eigenvalue weighted by Crippen LogP contribution is 2.23. The van der Waals surface area contributed by atoms with Crippen LogP contribution < -0.4 is 5.32 Å². The van der Waals surface area contributed by atoms with Crippen molar-refractivity contribution in [2.75, 3.05) is 13.2 Å². The van der Waals surface area contributed by atoms with Crippen LogP contribution in [-0.4, -0.2) is 87.5 Å². The van der Waals surface area contributed by atoms with E-state index in [0.29, 0.717) is 12.8 Å². The van der Waals surface area contributed by atoms with Gasteiger partial charge in [0.15, 0.2) is 6.29 Å². The Bertz CT molecular complexity index is 1540. The summed E-state index contributed by atoms with van der Waals surface area (Å²) in [5.74, 6) is -0.154. The van der Waals surface area contributed by atoms with Crippen LogP contribution in [0.4, 0.5) is 0 Å². The van der Waals surface area contributed by atoms with Crippen LogP contribution in [0.3, 0.4) is 0 Å². The monoisotopic (exact) mass is 1050 g/mol. The fraction of sp³-hybridized carbons (Fsp3) is 0.712. The van der Waals surface area contributed by atoms with Crippen LogP contribution in [0.2, 0.25) is 0 Å². The molecule has 9 nitrogen and oxygen atoms in total. The normalized spacial score (nSPS) is 19.7. The summed E-state index contributed by atoms with van der Waals surface area (Å²) in [6.07, 6.45) is 72.6. The highest BCUT2D eigenvalue weighted by atomic mass is 16.7. The van der Waals surface area contributed by atoms with E-state index in [0.717, 1.165) is 103 Å². The van der Waals surface area contributed by atoms with Crippen molar-refractivity contribution >= 4 is 5.91 Å². The number of aliphatic hydroxyl groups excluding tert-OH is 5. The number of allylic oxidation sites excluding steroid dienone is 18. The van der Waals surface area contributed by atoms with Crippen molar-refractivity contribution in [3.63, 3.8) is 0 Å². The third kappa shape index (κ3) is 43.5. The van der Waals surface area contributed by atoms with Gasteiger partial charge in [-0.05, 0) is 83.5 Å². The minimum Gasteiger partial charge on any atom is -0.394 e. The van der Waals surface area contributed by atoms with Gasteiger partial charge in [0.2, 0.25) is 5.91 Å². The summed E-state index contributed by atoms with van der Waals surface area (Å²) in [5, 5.41) is 54.7. The Morgan fingerprint density at radius 3 is 1.23 bits per heavy atom. The first-order valence-corrected chi connectivity index (χ1v) is 30.6. The van der Waals surface area contributed by atoms with Crippen molar-refractivity contribution in [1.82, 2.24) is 5.32 Å². The van der Waals surface area contributed by atoms with Gasteiger partial charge in [0, 0.05) is 6.42 Å². The molecular weight excluding hydrogens is 935 g/mol. The molecule has 1 amide bonds. The number of hydrogen-bond donors (Lipinski definition) is 6. The van der Waals surface area contributed by atoms with E-state index in [1.165, 1.54) is 116 Å². The number of carbonyl (C=O) groups is 1. The van der Waals surface area contributed by atoms with Gasteiger partial charge in [-0.25, -0.2) is 0 Å². The lowest BCUT2D eigenvalue weighted by Gasteiger charge is -2.40. The molecule has 7 unspecified atom stereocenters. The van der Waals surface area contributed by atoms with Gasteiger partial charge in [0.1, 0.15) is 24.4 Å². The summed E-state index contributed by atoms with van der Waals surface area (Å²) >= 11 is 0. The van der Waals surface area contributed by atoms with Gasteiger partial charge in [0.05, 0.1) is 25.4 Å². The Labute approximate surface area is 459 Å². The van der Waals surface area contributed by atoms with E-state index in [4.69, 9.17) is 9.47 Å². The van der Waals surface area contributed by atoms with Gasteiger partial charge in [-0.15, -0.1) is 0 Å². The van der Waals surface area contributed by atoms with E-state index in [-0.39, 0.29) is 12.5 Å². The molecule has 1 fully saturated rings. The van der Waals surface area contributed by atoms with Crippen LogP contribution in [0.1, 0.15) is 245 Å². The van der Waals surface area contributed by atoms with Gasteiger partial charge < -0.3 is 40.3 Å². The number of ether oxygens (including phenoxy) is 2. The van der Waals surface area contributed by atoms with E-state index in [2.05, 4.69) is 129 Å². The molecule has 6 N–H and O–H groups in total. The van der Waals surface area contributed by atoms with E-state index in [9.17, 15) is 30.3 Å². The Balaban J connectivity index is 2.16. The zero-order chi connectivity index (χ0) is 54.3. The molecule has 1 saturated heterocycles. The number of hydrogen-bond acceptors (Lipinski definition) is 8. The summed E-state index contributed by atoms with van der Waals surface area (Å²) in [4.78, 5) is 13.1. The quantitative estimate of drug-likeness (QED) is 0.0261. The molecule has 0 aromatic rings. The standard InChI is InChI=1S/C66H113NO8/c1-3-5-7-9-11-13-15-17-19-20-21-22-23-24-25-26-27-28-29-30-31-32-33-34-35-36-37-38-39-40-42-44-46-48-50-52-54-56-62(70)67-59(58-74-66-65(73)64(72)63(71)61(57-68)75-66)60(69)55-53-51-49-47-45-43-41-18-16-14-12-10-8-6-4-2/h5,7,11,13,17,19,21-22,24-25,27-28,30-31,33-34,36-37,59-61,63-66,68-69,71-73H,3-4,6,8-10,12,14-16,18,20,23,26,29,32,35,38-58H2,1-2H3,(H,67,70)/b7-5-,13-11-,19-17-,22-21-,25-24-,28-27-,31-30-,34-33-,37-36-. The van der Waals surface area contributed by atoms with Crippen molar-refractivity contribution in [2.24, 2.45) is 0 Å². The zero-order valence-electron chi connectivity index (χ0n) is 47.8. The molecule has 0 radical (unpaired) electrons. The van der Waals surface area contributed by atoms with E-state index in [1.54, 1.807) is 0 Å². The molecule has 1 heterocycles. The van der Waals surface area contributed by atoms with Gasteiger partial charge in [-0.1, -0.05) is 264 Å². The van der Waals surface area contributed by atoms with Gasteiger partial charge in [-0.3, -0.25) is 4.79 Å². The number of rotatable bonds is 51. The van der Waals surface area contributed by atoms with Gasteiger partial charge >= 0.3 is 0 Å². The van der Waals surface area contributed by atoms with E-state index in [1.807, 2.05) is 0 Å². The number of nitrogens with one attached hydrogen (secondary N) is 1. The van der Waals surface area contributed by atoms with Crippen molar-refractivity contribution in [1.29, 1.82) is 0 Å². The van der Waals surface area contributed by atoms with Gasteiger partial charge in [0.25, 0.3) is 0 Å². The van der Waals surface area contributed by atoms with E-state index >= 15 is 0 Å². The fourth-order valence-corrected chi connectivity index (χ4v) is 9.10. The first-order chi connectivity index (χ1) is 36.8. The molecule has 7 atom stereocenters. The highest BCUT2D eigenvalue weighted by Gasteiger charge is 2.44. The smallest absolute Gasteiger partial charge is 0.220 e. The van der Waals surface area contributed by atoms with Crippen molar-refractivity contribution in [3.8, 4) is 0 Å². The van der Waals surface area contributed by atoms with Crippen LogP contribution in [0.15, 0.2) is 109 Å². The second-order valence-electron chi connectivity index (χ2n) is 20.8. The number of amides is 1. The summed E-state index contributed by atoms with van der Waals surface area (Å²) < 4.78 is 11.3. The largest absolute Gasteiger partial charge is 0.394 e. The molecular formula is C66H113NO8. The molecule has 430 valence electrons. The van der Waals surface area contributed by atoms with Crippen LogP contribution in [-0.2, 0) is 14.3 Å². The average molecular weight is 1050 g/mol. The van der Waals surface area contributed by atoms with Gasteiger partial charge in [-0.2, -0.15) is 0 Å². The minimum atomic E-state index is -1.56. The summed E-state index contributed by atoms with van der Waals surface area (Å²) in [5.41, 5.74) is 0. The Kier molecular flexibility index (Phi) is 50.5. The highest BCUT2D eigenvalue weighted by molar-refractivity contribution is 5.76. The third-order valence-corrected chi connectivity index (χ3v) is 13.9. The molecule has 0 spiro atoms. The third-order valence-electron chi connectivity index (χ3n) is 13.9. The summed E-state index contributed by atoms with van der Waals surface area (Å²) in [6, 6.07) is -0.729. The van der Waals surface area contributed by atoms with E-state index < -0.39 is 49.5 Å². The molecule has 75 heavy (non-hydrogen) atoms. The van der Waals surface area contributed by atoms with Crippen LogP contribution >= 0.6 is 0 Å². The Hall–Kier alpha value is -3.15. The first kappa shape index (κ1) is 69.9. The lowest BCUT2D eigenvalue weighted by atomic mass is 9.99. The second kappa shape index (κ2) is 54.2. The SMILES string of the molecule is CC/C=C\C/C=C\C/C=C\C/C=C\C/C=C\C/C=C\C/C=C\C/C=C\C/C=C\CCCCCCCCCCCC(=O)NC(COC1OC(CO)C(O)C(O)C1O)C(O)CCCCCCCCCCCCCCCCC. The molecule has 0 aliphatic carbocycles. The number of carbonyl (C=O) groups excluding carboxylic acids is 1. The summed E-state index contributed by atoms with van der Waals surface area (Å²) in [6.45, 7) is 3.72. The molecule has 0 aromatic heterocycles. The average Bonchev–Trinajstić information content (AvgIpc) is 3.41. The maximum absolute atomic E-state index is 13.1. The van der Waals surface area contributed by atoms with Crippen LogP contribution in [0.5, 0.6) is 0 Å². The van der Waals surface area contributed by atoms with Crippen LogP contribution in [0, 0.1) is 0 Å². The van der Waals surface area contributed by atoms with Crippen molar-refractivity contribution < 1.29 is 39.8 Å². The predicted molar refractivity (Wildman–Crippen MR) is 317 cm³/mol. The molecule has 1 aliphatic rings. The Morgan fingerprint density at radius 2 is 0.827 bits per heavy atom. The second-order valence-corrected chi connectivity index (χ2v) is 20.8. The van der Waals surface area contributed by atoms with Crippen LogP contribution in [0.25, 0.3) is 0 Å². The lowest BCUT2D eigenvalue weighted by Crippen LogP contribution is -2.60. The topological polar surface area (TPSA) is 149 Å². The molecule has 0 bridgehead atoms. The molecule has 1 rings (SSSR count). The molecule has 1 aliphatic heterocycles. The maximum Gasteiger partial charge on any atom is 0.220 e. The minimum absolute atomic E-state index is 0.145. The lowest BCUT2D eigenvalue weighted by molar-refractivity contribution is -0.302. The molecule has 0 saturated carbocycles. The predicted octanol–water partition coefficient (Wildman–Crippen LogP) is 15.7. The number of aliphatic hydroxyl groups is 5. The Morgan fingerprint density at radius 1 is 0.467 bits per heavy atom. The summed E-state index contributed by atoms with van der Waals surface area (Å²) in [7, 11) is 0. The fourth-order valence-electron chi connectivity index (χ4n) is 9.10. The number of unbranched alkanes of at least 4 members (excludes halogenated alkanes) is 23. The molecule has 9 heteroatoms. The zero-order valence-corrected chi connectivity index (χ0v) is 47.8. The first-order valence-electron chi connectivity index (χ1n) is 30.6. The van der Waals surface area contributed by atoms with Crippen molar-refractivity contribution in [3.05, 3.63) is 109 Å². The van der Waals surface area contributed by atoms with Crippen molar-refractivity contribution in [2.45, 2.75) is 288 Å². The maximum atomic E-state index is 13.1.